The molecule has 0 bridgehead atoms. The minimum Gasteiger partial charge on any atom is -0.366 e. The number of nitrogens with zero attached hydrogens (tertiary/aromatic N) is 3. The van der Waals surface area contributed by atoms with Crippen molar-refractivity contribution in [3.05, 3.63) is 94.0 Å². The summed E-state index contributed by atoms with van der Waals surface area (Å²) in [5.41, 5.74) is 8.93. The van der Waals surface area contributed by atoms with Gasteiger partial charge in [-0.1, -0.05) is 36.4 Å². The first-order valence-corrected chi connectivity index (χ1v) is 8.62. The molecule has 7 heteroatoms. The van der Waals surface area contributed by atoms with Crippen LogP contribution in [0.5, 0.6) is 0 Å². The van der Waals surface area contributed by atoms with Crippen LogP contribution in [0.4, 0.5) is 5.69 Å². The third-order valence-corrected chi connectivity index (χ3v) is 4.56. The van der Waals surface area contributed by atoms with E-state index in [1.165, 1.54) is 12.1 Å². The molecule has 0 aliphatic heterocycles. The molecule has 1 heterocycles. The van der Waals surface area contributed by atoms with Crippen LogP contribution in [0.2, 0.25) is 0 Å². The number of rotatable bonds is 5. The molecule has 7 nitrogen and oxygen atoms in total. The van der Waals surface area contributed by atoms with E-state index < -0.39 is 10.8 Å². The molecular formula is C21H16N4O3. The molecule has 3 aromatic carbocycles. The van der Waals surface area contributed by atoms with Gasteiger partial charge >= 0.3 is 0 Å². The van der Waals surface area contributed by atoms with Crippen molar-refractivity contribution in [1.82, 2.24) is 9.55 Å². The van der Waals surface area contributed by atoms with Crippen LogP contribution in [0.25, 0.3) is 22.4 Å². The fraction of sp³-hybridized carbons (Fsp3) is 0.0476. The number of nitrogens with two attached hydrogens (primary N) is 1. The average molecular weight is 372 g/mol. The molecule has 1 amide bonds. The molecular weight excluding hydrogens is 356 g/mol. The number of benzene rings is 3. The molecule has 0 atom stereocenters. The van der Waals surface area contributed by atoms with Crippen LogP contribution in [0.1, 0.15) is 15.9 Å². The maximum atomic E-state index is 11.8. The fourth-order valence-corrected chi connectivity index (χ4v) is 3.22. The second-order valence-corrected chi connectivity index (χ2v) is 6.35. The number of carbonyl (C=O) groups excluding carboxylic acids is 1. The molecule has 28 heavy (non-hydrogen) atoms. The molecule has 0 fully saturated rings. The first kappa shape index (κ1) is 17.4. The summed E-state index contributed by atoms with van der Waals surface area (Å²) in [5, 5.41) is 11.0. The number of aromatic nitrogens is 2. The molecule has 2 N–H and O–H groups in total. The standard InChI is InChI=1S/C21H16N4O3/c22-20(26)17-7-4-8-18-19(17)23-21(15-9-11-16(12-10-15)25(27)28)24(18)13-14-5-2-1-3-6-14/h1-12H,13H2,(H2,22,26). The van der Waals surface area contributed by atoms with E-state index in [2.05, 4.69) is 4.98 Å². The molecule has 0 aliphatic rings. The minimum atomic E-state index is -0.551. The number of non-ortho nitro benzene ring substituents is 1. The van der Waals surface area contributed by atoms with Crippen molar-refractivity contribution in [2.75, 3.05) is 0 Å². The topological polar surface area (TPSA) is 104 Å². The predicted molar refractivity (Wildman–Crippen MR) is 106 cm³/mol. The van der Waals surface area contributed by atoms with E-state index in [-0.39, 0.29) is 5.69 Å². The summed E-state index contributed by atoms with van der Waals surface area (Å²) in [7, 11) is 0. The number of para-hydroxylation sites is 1. The Labute approximate surface area is 160 Å². The SMILES string of the molecule is NC(=O)c1cccc2c1nc(-c1ccc([N+](=O)[O-])cc1)n2Cc1ccccc1. The third-order valence-electron chi connectivity index (χ3n) is 4.56. The summed E-state index contributed by atoms with van der Waals surface area (Å²) in [5.74, 6) is 0.0626. The Hall–Kier alpha value is -4.00. The summed E-state index contributed by atoms with van der Waals surface area (Å²) >= 11 is 0. The van der Waals surface area contributed by atoms with Crippen molar-refractivity contribution < 1.29 is 9.72 Å². The van der Waals surface area contributed by atoms with Crippen molar-refractivity contribution in [1.29, 1.82) is 0 Å². The van der Waals surface area contributed by atoms with Gasteiger partial charge in [0.1, 0.15) is 11.3 Å². The maximum absolute atomic E-state index is 11.8. The van der Waals surface area contributed by atoms with Gasteiger partial charge in [0, 0.05) is 24.2 Å². The number of primary amides is 1. The van der Waals surface area contributed by atoms with Gasteiger partial charge in [0.25, 0.3) is 11.6 Å². The first-order chi connectivity index (χ1) is 13.5. The lowest BCUT2D eigenvalue weighted by Gasteiger charge is -2.10. The number of hydrogen-bond donors (Lipinski definition) is 1. The highest BCUT2D eigenvalue weighted by atomic mass is 16.6. The van der Waals surface area contributed by atoms with Crippen LogP contribution in [-0.4, -0.2) is 20.4 Å². The summed E-state index contributed by atoms with van der Waals surface area (Å²) < 4.78 is 1.98. The molecule has 1 aromatic heterocycles. The van der Waals surface area contributed by atoms with Gasteiger partial charge in [0.05, 0.1) is 16.0 Å². The van der Waals surface area contributed by atoms with Crippen molar-refractivity contribution in [2.24, 2.45) is 5.73 Å². The highest BCUT2D eigenvalue weighted by Crippen LogP contribution is 2.29. The van der Waals surface area contributed by atoms with Gasteiger partial charge in [-0.25, -0.2) is 4.98 Å². The molecule has 0 saturated heterocycles. The summed E-state index contributed by atoms with van der Waals surface area (Å²) in [6.07, 6.45) is 0. The van der Waals surface area contributed by atoms with Crippen molar-refractivity contribution in [3.63, 3.8) is 0 Å². The van der Waals surface area contributed by atoms with Gasteiger partial charge in [0.2, 0.25) is 0 Å². The number of imidazole rings is 1. The summed E-state index contributed by atoms with van der Waals surface area (Å²) in [4.78, 5) is 27.0. The van der Waals surface area contributed by atoms with Crippen molar-refractivity contribution in [3.8, 4) is 11.4 Å². The van der Waals surface area contributed by atoms with Gasteiger partial charge in [-0.15, -0.1) is 0 Å². The van der Waals surface area contributed by atoms with Crippen LogP contribution in [0.3, 0.4) is 0 Å². The third kappa shape index (κ3) is 3.09. The lowest BCUT2D eigenvalue weighted by molar-refractivity contribution is -0.384. The molecule has 138 valence electrons. The van der Waals surface area contributed by atoms with Gasteiger partial charge < -0.3 is 10.3 Å². The Kier molecular flexibility index (Phi) is 4.33. The monoisotopic (exact) mass is 372 g/mol. The number of amides is 1. The van der Waals surface area contributed by atoms with Gasteiger partial charge in [-0.2, -0.15) is 0 Å². The number of nitro benzene ring substituents is 1. The minimum absolute atomic E-state index is 0.00676. The highest BCUT2D eigenvalue weighted by Gasteiger charge is 2.18. The van der Waals surface area contributed by atoms with Crippen molar-refractivity contribution >= 4 is 22.6 Å². The zero-order chi connectivity index (χ0) is 19.7. The zero-order valence-electron chi connectivity index (χ0n) is 14.8. The summed E-state index contributed by atoms with van der Waals surface area (Å²) in [6, 6.07) is 21.3. The second kappa shape index (κ2) is 6.96. The lowest BCUT2D eigenvalue weighted by Crippen LogP contribution is -2.11. The Morgan fingerprint density at radius 1 is 1.00 bits per heavy atom. The fourth-order valence-electron chi connectivity index (χ4n) is 3.22. The van der Waals surface area contributed by atoms with Crippen LogP contribution in [-0.2, 0) is 6.54 Å². The Morgan fingerprint density at radius 2 is 1.71 bits per heavy atom. The highest BCUT2D eigenvalue weighted by molar-refractivity contribution is 6.04. The van der Waals surface area contributed by atoms with Crippen LogP contribution < -0.4 is 5.73 Å². The predicted octanol–water partition coefficient (Wildman–Crippen LogP) is 3.76. The van der Waals surface area contributed by atoms with E-state index in [0.717, 1.165) is 11.1 Å². The second-order valence-electron chi connectivity index (χ2n) is 6.35. The molecule has 4 rings (SSSR count). The molecule has 0 aliphatic carbocycles. The smallest absolute Gasteiger partial charge is 0.269 e. The molecule has 0 spiro atoms. The number of nitro groups is 1. The molecule has 0 radical (unpaired) electrons. The first-order valence-electron chi connectivity index (χ1n) is 8.62. The zero-order valence-corrected chi connectivity index (χ0v) is 14.8. The molecule has 0 saturated carbocycles. The van der Waals surface area contributed by atoms with Gasteiger partial charge in [0.15, 0.2) is 0 Å². The quantitative estimate of drug-likeness (QED) is 0.425. The van der Waals surface area contributed by atoms with Crippen LogP contribution in [0.15, 0.2) is 72.8 Å². The Morgan fingerprint density at radius 3 is 2.36 bits per heavy atom. The largest absolute Gasteiger partial charge is 0.366 e. The van der Waals surface area contributed by atoms with E-state index in [9.17, 15) is 14.9 Å². The van der Waals surface area contributed by atoms with Crippen LogP contribution in [0, 0.1) is 10.1 Å². The van der Waals surface area contributed by atoms with Gasteiger partial charge in [-0.05, 0) is 29.8 Å². The van der Waals surface area contributed by atoms with Crippen molar-refractivity contribution in [2.45, 2.75) is 6.54 Å². The lowest BCUT2D eigenvalue weighted by atomic mass is 10.1. The van der Waals surface area contributed by atoms with Gasteiger partial charge in [-0.3, -0.25) is 14.9 Å². The number of hydrogen-bond acceptors (Lipinski definition) is 4. The average Bonchev–Trinajstić information content (AvgIpc) is 3.07. The summed E-state index contributed by atoms with van der Waals surface area (Å²) in [6.45, 7) is 0.534. The number of carbonyl (C=O) groups is 1. The van der Waals surface area contributed by atoms with E-state index in [0.29, 0.717) is 29.0 Å². The molecule has 4 aromatic rings. The van der Waals surface area contributed by atoms with Crippen LogP contribution >= 0.6 is 0 Å². The van der Waals surface area contributed by atoms with E-state index in [4.69, 9.17) is 5.73 Å². The normalized spacial score (nSPS) is 10.9. The Balaban J connectivity index is 1.93. The van der Waals surface area contributed by atoms with E-state index in [1.54, 1.807) is 24.3 Å². The molecule has 0 unspecified atom stereocenters. The maximum Gasteiger partial charge on any atom is 0.269 e. The number of fused-ring (bicyclic) bond motifs is 1. The van der Waals surface area contributed by atoms with E-state index in [1.807, 2.05) is 41.0 Å². The Bertz CT molecular complexity index is 1180. The van der Waals surface area contributed by atoms with E-state index >= 15 is 0 Å².